The second-order valence-electron chi connectivity index (χ2n) is 2.36. The number of benzene rings is 1. The topological polar surface area (TPSA) is 78.3 Å². The van der Waals surface area contributed by atoms with Gasteiger partial charge in [-0.3, -0.25) is 5.10 Å². The van der Waals surface area contributed by atoms with E-state index in [4.69, 9.17) is 0 Å². The summed E-state index contributed by atoms with van der Waals surface area (Å²) in [5.41, 5.74) is 0.457. The normalized spacial score (nSPS) is 10.3. The smallest absolute Gasteiger partial charge is 0.170 e. The summed E-state index contributed by atoms with van der Waals surface area (Å²) in [7, 11) is 0. The molecular formula is C7H5N3O2. The molecule has 2 N–H and O–H groups in total. The predicted molar refractivity (Wildman–Crippen MR) is 43.2 cm³/mol. The van der Waals surface area contributed by atoms with Gasteiger partial charge in [-0.1, -0.05) is 0 Å². The van der Waals surface area contributed by atoms with Crippen molar-refractivity contribution in [2.24, 2.45) is 5.18 Å². The quantitative estimate of drug-likeness (QED) is 0.627. The van der Waals surface area contributed by atoms with Crippen LogP contribution in [0.5, 0.6) is 5.75 Å². The highest BCUT2D eigenvalue weighted by molar-refractivity contribution is 5.88. The van der Waals surface area contributed by atoms with Crippen LogP contribution >= 0.6 is 0 Å². The van der Waals surface area contributed by atoms with Gasteiger partial charge in [0.05, 0.1) is 6.20 Å². The SMILES string of the molecule is O=Nc1ccc2cn[nH]c2c1O. The van der Waals surface area contributed by atoms with Crippen molar-refractivity contribution >= 4 is 16.6 Å². The summed E-state index contributed by atoms with van der Waals surface area (Å²) in [5, 5.41) is 19.0. The highest BCUT2D eigenvalue weighted by atomic mass is 16.3. The summed E-state index contributed by atoms with van der Waals surface area (Å²) in [6.07, 6.45) is 1.56. The molecule has 0 unspecified atom stereocenters. The lowest BCUT2D eigenvalue weighted by molar-refractivity contribution is 0.481. The largest absolute Gasteiger partial charge is 0.504 e. The fourth-order valence-electron chi connectivity index (χ4n) is 1.06. The molecule has 0 amide bonds. The monoisotopic (exact) mass is 163 g/mol. The lowest BCUT2D eigenvalue weighted by atomic mass is 10.2. The summed E-state index contributed by atoms with van der Waals surface area (Å²) < 4.78 is 0. The highest BCUT2D eigenvalue weighted by Crippen LogP contribution is 2.32. The van der Waals surface area contributed by atoms with Crippen LogP contribution in [-0.2, 0) is 0 Å². The molecule has 0 atom stereocenters. The molecule has 0 aliphatic rings. The molecule has 0 aliphatic carbocycles. The first-order valence-electron chi connectivity index (χ1n) is 3.31. The van der Waals surface area contributed by atoms with Crippen LogP contribution in [0.15, 0.2) is 23.5 Å². The van der Waals surface area contributed by atoms with Crippen molar-refractivity contribution in [3.8, 4) is 5.75 Å². The Morgan fingerprint density at radius 3 is 3.08 bits per heavy atom. The lowest BCUT2D eigenvalue weighted by Crippen LogP contribution is -1.71. The molecule has 1 aromatic carbocycles. The number of hydrogen-bond donors (Lipinski definition) is 2. The molecule has 0 spiro atoms. The van der Waals surface area contributed by atoms with Gasteiger partial charge in [-0.25, -0.2) is 0 Å². The predicted octanol–water partition coefficient (Wildman–Crippen LogP) is 1.67. The molecule has 1 aromatic heterocycles. The van der Waals surface area contributed by atoms with Gasteiger partial charge in [0.1, 0.15) is 5.52 Å². The molecule has 2 rings (SSSR count). The number of phenolic OH excluding ortho intramolecular Hbond substituents is 1. The number of nitroso groups, excluding NO2 is 1. The maximum absolute atomic E-state index is 10.1. The van der Waals surface area contributed by atoms with E-state index in [9.17, 15) is 10.0 Å². The third kappa shape index (κ3) is 0.763. The maximum Gasteiger partial charge on any atom is 0.170 e. The first-order valence-corrected chi connectivity index (χ1v) is 3.31. The van der Waals surface area contributed by atoms with Gasteiger partial charge in [-0.2, -0.15) is 5.10 Å². The Balaban J connectivity index is 2.86. The molecule has 0 fully saturated rings. The van der Waals surface area contributed by atoms with Gasteiger partial charge in [-0.05, 0) is 17.3 Å². The Labute approximate surface area is 67.0 Å². The fraction of sp³-hybridized carbons (Fsp3) is 0. The van der Waals surface area contributed by atoms with Gasteiger partial charge in [0, 0.05) is 5.39 Å². The molecule has 12 heavy (non-hydrogen) atoms. The molecule has 1 heterocycles. The molecule has 0 bridgehead atoms. The van der Waals surface area contributed by atoms with Crippen LogP contribution in [0.2, 0.25) is 0 Å². The van der Waals surface area contributed by atoms with E-state index in [0.29, 0.717) is 5.52 Å². The van der Waals surface area contributed by atoms with E-state index in [1.54, 1.807) is 12.3 Å². The Morgan fingerprint density at radius 1 is 1.50 bits per heavy atom. The zero-order valence-electron chi connectivity index (χ0n) is 5.98. The van der Waals surface area contributed by atoms with Crippen LogP contribution in [0.3, 0.4) is 0 Å². The van der Waals surface area contributed by atoms with Crippen molar-refractivity contribution in [1.29, 1.82) is 0 Å². The fourth-order valence-corrected chi connectivity index (χ4v) is 1.06. The van der Waals surface area contributed by atoms with Gasteiger partial charge in [-0.15, -0.1) is 4.91 Å². The average Bonchev–Trinajstić information content (AvgIpc) is 2.53. The minimum Gasteiger partial charge on any atom is -0.504 e. The van der Waals surface area contributed by atoms with Crippen molar-refractivity contribution in [1.82, 2.24) is 10.2 Å². The molecule has 5 nitrogen and oxygen atoms in total. The zero-order chi connectivity index (χ0) is 8.55. The van der Waals surface area contributed by atoms with Gasteiger partial charge in [0.25, 0.3) is 0 Å². The van der Waals surface area contributed by atoms with E-state index in [1.165, 1.54) is 6.07 Å². The summed E-state index contributed by atoms with van der Waals surface area (Å²) >= 11 is 0. The van der Waals surface area contributed by atoms with Crippen LogP contribution < -0.4 is 0 Å². The Morgan fingerprint density at radius 2 is 2.33 bits per heavy atom. The minimum absolute atomic E-state index is 0.0201. The second kappa shape index (κ2) is 2.30. The first kappa shape index (κ1) is 6.78. The van der Waals surface area contributed by atoms with Crippen LogP contribution in [0.4, 0.5) is 5.69 Å². The molecule has 5 heteroatoms. The maximum atomic E-state index is 10.1. The minimum atomic E-state index is -0.153. The number of nitrogens with one attached hydrogen (secondary N) is 1. The van der Waals surface area contributed by atoms with E-state index >= 15 is 0 Å². The van der Waals surface area contributed by atoms with E-state index in [1.807, 2.05) is 0 Å². The number of H-pyrrole nitrogens is 1. The first-order chi connectivity index (χ1) is 5.83. The van der Waals surface area contributed by atoms with Crippen LogP contribution in [0.1, 0.15) is 0 Å². The van der Waals surface area contributed by atoms with Crippen molar-refractivity contribution in [2.75, 3.05) is 0 Å². The molecule has 0 saturated heterocycles. The van der Waals surface area contributed by atoms with Gasteiger partial charge in [0.2, 0.25) is 0 Å². The average molecular weight is 163 g/mol. The summed E-state index contributed by atoms with van der Waals surface area (Å²) in [6, 6.07) is 3.11. The number of nitrogens with zero attached hydrogens (tertiary/aromatic N) is 2. The van der Waals surface area contributed by atoms with Crippen molar-refractivity contribution in [3.05, 3.63) is 23.2 Å². The van der Waals surface area contributed by atoms with Gasteiger partial charge >= 0.3 is 0 Å². The number of phenols is 1. The number of aromatic amines is 1. The molecule has 0 saturated carbocycles. The number of aromatic hydroxyl groups is 1. The summed E-state index contributed by atoms with van der Waals surface area (Å²) in [4.78, 5) is 10.1. The third-order valence-corrected chi connectivity index (χ3v) is 1.67. The summed E-state index contributed by atoms with van der Waals surface area (Å²) in [5.74, 6) is -0.153. The molecule has 0 radical (unpaired) electrons. The molecule has 0 aliphatic heterocycles. The van der Waals surface area contributed by atoms with E-state index in [2.05, 4.69) is 15.4 Å². The van der Waals surface area contributed by atoms with Crippen LogP contribution in [0, 0.1) is 4.91 Å². The van der Waals surface area contributed by atoms with Crippen LogP contribution in [0.25, 0.3) is 10.9 Å². The van der Waals surface area contributed by atoms with Crippen molar-refractivity contribution in [2.45, 2.75) is 0 Å². The molecule has 60 valence electrons. The lowest BCUT2D eigenvalue weighted by Gasteiger charge is -1.94. The standard InChI is InChI=1S/C7H5N3O2/c11-7-5(10-12)2-1-4-3-8-9-6(4)7/h1-3,11H,(H,8,9). The van der Waals surface area contributed by atoms with Crippen LogP contribution in [-0.4, -0.2) is 15.3 Å². The third-order valence-electron chi connectivity index (χ3n) is 1.67. The summed E-state index contributed by atoms with van der Waals surface area (Å²) in [6.45, 7) is 0. The van der Waals surface area contributed by atoms with Gasteiger partial charge in [0.15, 0.2) is 11.4 Å². The van der Waals surface area contributed by atoms with Crippen molar-refractivity contribution in [3.63, 3.8) is 0 Å². The highest BCUT2D eigenvalue weighted by Gasteiger charge is 2.07. The number of fused-ring (bicyclic) bond motifs is 1. The molecular weight excluding hydrogens is 158 g/mol. The Bertz CT molecular complexity index is 435. The van der Waals surface area contributed by atoms with E-state index in [0.717, 1.165) is 5.39 Å². The zero-order valence-corrected chi connectivity index (χ0v) is 5.98. The van der Waals surface area contributed by atoms with E-state index in [-0.39, 0.29) is 11.4 Å². The van der Waals surface area contributed by atoms with Gasteiger partial charge < -0.3 is 5.11 Å². The second-order valence-corrected chi connectivity index (χ2v) is 2.36. The number of hydrogen-bond acceptors (Lipinski definition) is 4. The Hall–Kier alpha value is -1.91. The van der Waals surface area contributed by atoms with E-state index < -0.39 is 0 Å². The number of rotatable bonds is 1. The van der Waals surface area contributed by atoms with Crippen molar-refractivity contribution < 1.29 is 5.11 Å². The Kier molecular flexibility index (Phi) is 1.30. The molecule has 2 aromatic rings. The number of aromatic nitrogens is 2.